The third-order valence-electron chi connectivity index (χ3n) is 4.26. The highest BCUT2D eigenvalue weighted by atomic mass is 16.2. The summed E-state index contributed by atoms with van der Waals surface area (Å²) in [4.78, 5) is 34.2. The summed E-state index contributed by atoms with van der Waals surface area (Å²) in [6, 6.07) is 8.66. The van der Waals surface area contributed by atoms with Gasteiger partial charge in [0.25, 0.3) is 5.91 Å². The molecule has 2 amide bonds. The van der Waals surface area contributed by atoms with Gasteiger partial charge in [0.15, 0.2) is 0 Å². The monoisotopic (exact) mass is 339 g/mol. The molecule has 7 heteroatoms. The van der Waals surface area contributed by atoms with Crippen LogP contribution in [-0.2, 0) is 11.3 Å². The zero-order valence-corrected chi connectivity index (χ0v) is 14.1. The summed E-state index contributed by atoms with van der Waals surface area (Å²) >= 11 is 0. The number of amides is 2. The zero-order chi connectivity index (χ0) is 17.8. The highest BCUT2D eigenvalue weighted by molar-refractivity contribution is 5.97. The number of nitrogens with two attached hydrogens (primary N) is 1. The number of aryl methyl sites for hydroxylation is 1. The Balaban J connectivity index is 1.70. The maximum absolute atomic E-state index is 12.7. The minimum Gasteiger partial charge on any atom is -0.368 e. The van der Waals surface area contributed by atoms with E-state index in [0.29, 0.717) is 31.0 Å². The van der Waals surface area contributed by atoms with Gasteiger partial charge in [-0.05, 0) is 43.5 Å². The van der Waals surface area contributed by atoms with Crippen LogP contribution in [0.4, 0.5) is 5.95 Å². The van der Waals surface area contributed by atoms with Gasteiger partial charge in [-0.15, -0.1) is 0 Å². The molecule has 0 spiro atoms. The van der Waals surface area contributed by atoms with Crippen LogP contribution in [0.15, 0.2) is 36.5 Å². The maximum atomic E-state index is 12.7. The number of hydrogen-bond acceptors (Lipinski definition) is 5. The summed E-state index contributed by atoms with van der Waals surface area (Å²) in [5.74, 6) is -0.0553. The molecule has 1 aliphatic rings. The molecular weight excluding hydrogens is 318 g/mol. The van der Waals surface area contributed by atoms with Crippen LogP contribution in [0.25, 0.3) is 0 Å². The van der Waals surface area contributed by atoms with Crippen LogP contribution >= 0.6 is 0 Å². The molecule has 1 aromatic carbocycles. The lowest BCUT2D eigenvalue weighted by Crippen LogP contribution is -2.43. The average molecular weight is 339 g/mol. The standard InChI is InChI=1S/C18H21N5O2/c1-12-7-8-20-18(22-12)21-11-13-4-2-5-14(10-13)17(25)23-9-3-6-15(23)16(19)24/h2,4-5,7-8,10,15H,3,6,9,11H2,1H3,(H2,19,24)(H,20,21,22)/t15-/m1/s1. The number of likely N-dealkylation sites (tertiary alicyclic amines) is 1. The highest BCUT2D eigenvalue weighted by Crippen LogP contribution is 2.20. The fraction of sp³-hybridized carbons (Fsp3) is 0.333. The summed E-state index contributed by atoms with van der Waals surface area (Å²) in [6.45, 7) is 2.97. The van der Waals surface area contributed by atoms with Gasteiger partial charge in [0.2, 0.25) is 11.9 Å². The molecule has 1 aliphatic heterocycles. The van der Waals surface area contributed by atoms with Crippen LogP contribution in [0.3, 0.4) is 0 Å². The van der Waals surface area contributed by atoms with E-state index in [9.17, 15) is 9.59 Å². The molecule has 1 aromatic heterocycles. The molecule has 0 bridgehead atoms. The first-order valence-corrected chi connectivity index (χ1v) is 8.27. The van der Waals surface area contributed by atoms with Crippen molar-refractivity contribution >= 4 is 17.8 Å². The number of rotatable bonds is 5. The number of benzene rings is 1. The number of carbonyl (C=O) groups excluding carboxylic acids is 2. The molecule has 0 saturated carbocycles. The van der Waals surface area contributed by atoms with Crippen LogP contribution in [-0.4, -0.2) is 39.3 Å². The van der Waals surface area contributed by atoms with Crippen molar-refractivity contribution in [2.75, 3.05) is 11.9 Å². The second-order valence-corrected chi connectivity index (χ2v) is 6.13. The quantitative estimate of drug-likeness (QED) is 0.859. The summed E-state index contributed by atoms with van der Waals surface area (Å²) < 4.78 is 0. The van der Waals surface area contributed by atoms with E-state index in [-0.39, 0.29) is 5.91 Å². The minimum atomic E-state index is -0.505. The first-order chi connectivity index (χ1) is 12.0. The number of primary amides is 1. The maximum Gasteiger partial charge on any atom is 0.254 e. The first-order valence-electron chi connectivity index (χ1n) is 8.27. The largest absolute Gasteiger partial charge is 0.368 e. The fourth-order valence-corrected chi connectivity index (χ4v) is 3.00. The minimum absolute atomic E-state index is 0.157. The Labute approximate surface area is 146 Å². The van der Waals surface area contributed by atoms with Crippen molar-refractivity contribution in [1.29, 1.82) is 0 Å². The molecule has 3 N–H and O–H groups in total. The van der Waals surface area contributed by atoms with E-state index in [1.165, 1.54) is 0 Å². The number of nitrogens with one attached hydrogen (secondary N) is 1. The normalized spacial score (nSPS) is 16.7. The number of anilines is 1. The number of aromatic nitrogens is 2. The molecule has 1 atom stereocenters. The van der Waals surface area contributed by atoms with Crippen molar-refractivity contribution in [3.05, 3.63) is 53.3 Å². The van der Waals surface area contributed by atoms with Gasteiger partial charge in [-0.1, -0.05) is 12.1 Å². The Bertz CT molecular complexity index is 793. The van der Waals surface area contributed by atoms with E-state index in [4.69, 9.17) is 5.73 Å². The highest BCUT2D eigenvalue weighted by Gasteiger charge is 2.33. The Morgan fingerprint density at radius 3 is 2.96 bits per heavy atom. The molecule has 0 aliphatic carbocycles. The number of carbonyl (C=O) groups is 2. The van der Waals surface area contributed by atoms with E-state index in [0.717, 1.165) is 17.7 Å². The van der Waals surface area contributed by atoms with E-state index in [2.05, 4.69) is 15.3 Å². The van der Waals surface area contributed by atoms with Crippen LogP contribution in [0.2, 0.25) is 0 Å². The van der Waals surface area contributed by atoms with Gasteiger partial charge in [0, 0.05) is 30.5 Å². The second-order valence-electron chi connectivity index (χ2n) is 6.13. The molecule has 130 valence electrons. The van der Waals surface area contributed by atoms with Gasteiger partial charge in [-0.2, -0.15) is 0 Å². The predicted octanol–water partition coefficient (Wildman–Crippen LogP) is 1.49. The van der Waals surface area contributed by atoms with Gasteiger partial charge >= 0.3 is 0 Å². The van der Waals surface area contributed by atoms with Gasteiger partial charge in [0.1, 0.15) is 6.04 Å². The van der Waals surface area contributed by atoms with Crippen molar-refractivity contribution < 1.29 is 9.59 Å². The smallest absolute Gasteiger partial charge is 0.254 e. The number of nitrogens with zero attached hydrogens (tertiary/aromatic N) is 3. The van der Waals surface area contributed by atoms with E-state index in [1.807, 2.05) is 31.2 Å². The van der Waals surface area contributed by atoms with E-state index < -0.39 is 11.9 Å². The van der Waals surface area contributed by atoms with Crippen LogP contribution in [0, 0.1) is 6.92 Å². The topological polar surface area (TPSA) is 101 Å². The summed E-state index contributed by atoms with van der Waals surface area (Å²) in [6.07, 6.45) is 3.13. The molecule has 25 heavy (non-hydrogen) atoms. The molecule has 1 fully saturated rings. The summed E-state index contributed by atoms with van der Waals surface area (Å²) in [5, 5.41) is 3.14. The van der Waals surface area contributed by atoms with Gasteiger partial charge in [-0.25, -0.2) is 9.97 Å². The molecule has 3 rings (SSSR count). The third kappa shape index (κ3) is 3.93. The molecule has 1 saturated heterocycles. The Morgan fingerprint density at radius 2 is 2.20 bits per heavy atom. The lowest BCUT2D eigenvalue weighted by molar-refractivity contribution is -0.121. The number of hydrogen-bond donors (Lipinski definition) is 2. The zero-order valence-electron chi connectivity index (χ0n) is 14.1. The van der Waals surface area contributed by atoms with Crippen molar-refractivity contribution in [2.45, 2.75) is 32.4 Å². The van der Waals surface area contributed by atoms with E-state index >= 15 is 0 Å². The van der Waals surface area contributed by atoms with Gasteiger partial charge in [-0.3, -0.25) is 9.59 Å². The Hall–Kier alpha value is -2.96. The van der Waals surface area contributed by atoms with Crippen LogP contribution in [0.1, 0.15) is 34.5 Å². The molecule has 7 nitrogen and oxygen atoms in total. The summed E-state index contributed by atoms with van der Waals surface area (Å²) in [7, 11) is 0. The average Bonchev–Trinajstić information content (AvgIpc) is 3.10. The lowest BCUT2D eigenvalue weighted by atomic mass is 10.1. The lowest BCUT2D eigenvalue weighted by Gasteiger charge is -2.22. The van der Waals surface area contributed by atoms with Crippen LogP contribution < -0.4 is 11.1 Å². The SMILES string of the molecule is Cc1ccnc(NCc2cccc(C(=O)N3CCC[C@@H]3C(N)=O)c2)n1. The molecule has 2 heterocycles. The van der Waals surface area contributed by atoms with E-state index in [1.54, 1.807) is 17.2 Å². The molecule has 0 radical (unpaired) electrons. The third-order valence-corrected chi connectivity index (χ3v) is 4.26. The molecule has 2 aromatic rings. The van der Waals surface area contributed by atoms with Crippen molar-refractivity contribution in [1.82, 2.24) is 14.9 Å². The van der Waals surface area contributed by atoms with Crippen molar-refractivity contribution in [3.8, 4) is 0 Å². The van der Waals surface area contributed by atoms with Crippen molar-refractivity contribution in [2.24, 2.45) is 5.73 Å². The van der Waals surface area contributed by atoms with Gasteiger partial charge in [0.05, 0.1) is 0 Å². The van der Waals surface area contributed by atoms with Crippen molar-refractivity contribution in [3.63, 3.8) is 0 Å². The Morgan fingerprint density at radius 1 is 1.36 bits per heavy atom. The first kappa shape index (κ1) is 16.9. The van der Waals surface area contributed by atoms with Crippen LogP contribution in [0.5, 0.6) is 0 Å². The molecule has 0 unspecified atom stereocenters. The van der Waals surface area contributed by atoms with Gasteiger partial charge < -0.3 is 16.0 Å². The Kier molecular flexibility index (Phi) is 4.92. The fourth-order valence-electron chi connectivity index (χ4n) is 3.00. The predicted molar refractivity (Wildman–Crippen MR) is 93.8 cm³/mol. The second kappa shape index (κ2) is 7.29. The molecular formula is C18H21N5O2. The summed E-state index contributed by atoms with van der Waals surface area (Å²) in [5.41, 5.74) is 7.77.